The molecule has 0 fully saturated rings. The van der Waals surface area contributed by atoms with Crippen molar-refractivity contribution in [3.63, 3.8) is 0 Å². The van der Waals surface area contributed by atoms with Crippen LogP contribution in [-0.2, 0) is 0 Å². The molecule has 0 unspecified atom stereocenters. The van der Waals surface area contributed by atoms with E-state index in [1.807, 2.05) is 25.1 Å². The molecular formula is C21H13Cl2N3O4. The standard InChI is InChI=1S/C21H13Cl2N3O4/c1-11-2-7-16-19(8-11)30-21(25-16)13-4-5-14(22)17(9-13)24-20(27)12-3-6-15(23)18(10-12)26(28)29/h2-10H,1H3,(H,24,27). The number of nitro groups is 1. The van der Waals surface area contributed by atoms with Crippen molar-refractivity contribution < 1.29 is 14.1 Å². The van der Waals surface area contributed by atoms with Crippen LogP contribution in [0.15, 0.2) is 59.0 Å². The highest BCUT2D eigenvalue weighted by Gasteiger charge is 2.18. The predicted molar refractivity (Wildman–Crippen MR) is 115 cm³/mol. The molecule has 4 aromatic rings. The molecule has 1 amide bonds. The molecule has 4 rings (SSSR count). The first-order chi connectivity index (χ1) is 14.3. The van der Waals surface area contributed by atoms with Crippen LogP contribution in [0.5, 0.6) is 0 Å². The lowest BCUT2D eigenvalue weighted by Gasteiger charge is -2.09. The van der Waals surface area contributed by atoms with E-state index in [0.717, 1.165) is 11.6 Å². The molecule has 0 spiro atoms. The predicted octanol–water partition coefficient (Wildman–Crippen LogP) is 6.27. The van der Waals surface area contributed by atoms with Crippen molar-refractivity contribution in [1.29, 1.82) is 0 Å². The van der Waals surface area contributed by atoms with E-state index in [2.05, 4.69) is 10.3 Å². The van der Waals surface area contributed by atoms with Crippen molar-refractivity contribution >= 4 is 51.6 Å². The number of benzene rings is 3. The molecule has 0 radical (unpaired) electrons. The Morgan fingerprint density at radius 1 is 1.07 bits per heavy atom. The molecule has 1 aromatic heterocycles. The summed E-state index contributed by atoms with van der Waals surface area (Å²) in [5.41, 5.74) is 3.06. The van der Waals surface area contributed by atoms with Crippen LogP contribution in [0.2, 0.25) is 10.0 Å². The number of oxazole rings is 1. The summed E-state index contributed by atoms with van der Waals surface area (Å²) >= 11 is 12.0. The van der Waals surface area contributed by atoms with Gasteiger partial charge in [0.25, 0.3) is 11.6 Å². The second-order valence-electron chi connectivity index (χ2n) is 6.56. The smallest absolute Gasteiger partial charge is 0.288 e. The van der Waals surface area contributed by atoms with E-state index in [0.29, 0.717) is 33.3 Å². The van der Waals surface area contributed by atoms with Crippen LogP contribution in [0.1, 0.15) is 15.9 Å². The lowest BCUT2D eigenvalue weighted by molar-refractivity contribution is -0.384. The Morgan fingerprint density at radius 2 is 1.83 bits per heavy atom. The highest BCUT2D eigenvalue weighted by molar-refractivity contribution is 6.34. The van der Waals surface area contributed by atoms with Crippen molar-refractivity contribution in [2.45, 2.75) is 6.92 Å². The number of nitrogens with one attached hydrogen (secondary N) is 1. The monoisotopic (exact) mass is 441 g/mol. The Hall–Kier alpha value is -3.42. The highest BCUT2D eigenvalue weighted by Crippen LogP contribution is 2.31. The van der Waals surface area contributed by atoms with E-state index in [1.165, 1.54) is 12.1 Å². The zero-order valence-electron chi connectivity index (χ0n) is 15.5. The number of fused-ring (bicyclic) bond motifs is 1. The largest absolute Gasteiger partial charge is 0.436 e. The van der Waals surface area contributed by atoms with Gasteiger partial charge in [-0.25, -0.2) is 4.98 Å². The van der Waals surface area contributed by atoms with Gasteiger partial charge >= 0.3 is 0 Å². The first-order valence-corrected chi connectivity index (χ1v) is 9.50. The van der Waals surface area contributed by atoms with Gasteiger partial charge in [-0.2, -0.15) is 0 Å². The van der Waals surface area contributed by atoms with Gasteiger partial charge in [-0.3, -0.25) is 14.9 Å². The SMILES string of the molecule is Cc1ccc2nc(-c3ccc(Cl)c(NC(=O)c4ccc(Cl)c([N+](=O)[O-])c4)c3)oc2c1. The normalized spacial score (nSPS) is 10.9. The van der Waals surface area contributed by atoms with Crippen LogP contribution in [0.4, 0.5) is 11.4 Å². The first kappa shape index (κ1) is 19.9. The Balaban J connectivity index is 1.65. The molecule has 3 aromatic carbocycles. The molecule has 0 aliphatic heterocycles. The van der Waals surface area contributed by atoms with Crippen molar-refractivity contribution in [1.82, 2.24) is 4.98 Å². The number of hydrogen-bond acceptors (Lipinski definition) is 5. The summed E-state index contributed by atoms with van der Waals surface area (Å²) in [6, 6.07) is 14.5. The summed E-state index contributed by atoms with van der Waals surface area (Å²) < 4.78 is 5.82. The molecule has 1 N–H and O–H groups in total. The fourth-order valence-electron chi connectivity index (χ4n) is 2.90. The van der Waals surface area contributed by atoms with Gasteiger partial charge in [0.2, 0.25) is 5.89 Å². The Kier molecular flexibility index (Phi) is 5.15. The minimum atomic E-state index is -0.651. The van der Waals surface area contributed by atoms with Crippen molar-refractivity contribution in [2.24, 2.45) is 0 Å². The molecular weight excluding hydrogens is 429 g/mol. The van der Waals surface area contributed by atoms with Gasteiger partial charge < -0.3 is 9.73 Å². The summed E-state index contributed by atoms with van der Waals surface area (Å²) in [6.45, 7) is 1.96. The fourth-order valence-corrected chi connectivity index (χ4v) is 3.25. The maximum atomic E-state index is 12.6. The van der Waals surface area contributed by atoms with E-state index >= 15 is 0 Å². The third-order valence-electron chi connectivity index (χ3n) is 4.41. The number of rotatable bonds is 4. The van der Waals surface area contributed by atoms with Gasteiger partial charge in [0.15, 0.2) is 5.58 Å². The van der Waals surface area contributed by atoms with Crippen LogP contribution < -0.4 is 5.32 Å². The molecule has 1 heterocycles. The van der Waals surface area contributed by atoms with E-state index in [9.17, 15) is 14.9 Å². The zero-order chi connectivity index (χ0) is 21.4. The number of nitro benzene ring substituents is 1. The second kappa shape index (κ2) is 7.78. The first-order valence-electron chi connectivity index (χ1n) is 8.74. The zero-order valence-corrected chi connectivity index (χ0v) is 17.0. The number of aromatic nitrogens is 1. The lowest BCUT2D eigenvalue weighted by Crippen LogP contribution is -2.12. The van der Waals surface area contributed by atoms with Crippen LogP contribution in [0.25, 0.3) is 22.6 Å². The third-order valence-corrected chi connectivity index (χ3v) is 5.06. The Bertz CT molecular complexity index is 1320. The number of aryl methyl sites for hydroxylation is 1. The Morgan fingerprint density at radius 3 is 2.60 bits per heavy atom. The maximum Gasteiger partial charge on any atom is 0.288 e. The third kappa shape index (κ3) is 3.85. The topological polar surface area (TPSA) is 98.3 Å². The number of nitrogens with zero attached hydrogens (tertiary/aromatic N) is 2. The van der Waals surface area contributed by atoms with Gasteiger partial charge in [0, 0.05) is 17.2 Å². The average molecular weight is 442 g/mol. The molecule has 9 heteroatoms. The van der Waals surface area contributed by atoms with Gasteiger partial charge in [-0.15, -0.1) is 0 Å². The van der Waals surface area contributed by atoms with Crippen LogP contribution in [0.3, 0.4) is 0 Å². The maximum absolute atomic E-state index is 12.6. The number of hydrogen-bond donors (Lipinski definition) is 1. The summed E-state index contributed by atoms with van der Waals surface area (Å²) in [5, 5.41) is 14.0. The number of halogens is 2. The minimum absolute atomic E-state index is 0.0530. The van der Waals surface area contributed by atoms with Crippen LogP contribution in [0, 0.1) is 17.0 Å². The van der Waals surface area contributed by atoms with E-state index < -0.39 is 10.8 Å². The average Bonchev–Trinajstić information content (AvgIpc) is 3.12. The summed E-state index contributed by atoms with van der Waals surface area (Å²) in [4.78, 5) is 27.5. The molecule has 0 aliphatic rings. The molecule has 7 nitrogen and oxygen atoms in total. The minimum Gasteiger partial charge on any atom is -0.436 e. The summed E-state index contributed by atoms with van der Waals surface area (Å²) in [6.07, 6.45) is 0. The second-order valence-corrected chi connectivity index (χ2v) is 7.38. The van der Waals surface area contributed by atoms with Crippen molar-refractivity contribution in [3.05, 3.63) is 85.9 Å². The number of anilines is 1. The van der Waals surface area contributed by atoms with Gasteiger partial charge in [0.1, 0.15) is 10.5 Å². The molecule has 0 saturated heterocycles. The van der Waals surface area contributed by atoms with E-state index in [1.54, 1.807) is 18.2 Å². The Labute approximate surface area is 180 Å². The fraction of sp³-hybridized carbons (Fsp3) is 0.0476. The molecule has 30 heavy (non-hydrogen) atoms. The molecule has 150 valence electrons. The highest BCUT2D eigenvalue weighted by atomic mass is 35.5. The molecule has 0 atom stereocenters. The summed E-state index contributed by atoms with van der Waals surface area (Å²) in [7, 11) is 0. The number of amides is 1. The molecule has 0 bridgehead atoms. The number of carbonyl (C=O) groups excluding carboxylic acids is 1. The van der Waals surface area contributed by atoms with E-state index in [4.69, 9.17) is 27.6 Å². The summed E-state index contributed by atoms with van der Waals surface area (Å²) in [5.74, 6) is -0.188. The van der Waals surface area contributed by atoms with E-state index in [-0.39, 0.29) is 16.3 Å². The quantitative estimate of drug-likeness (QED) is 0.297. The number of carbonyl (C=O) groups is 1. The van der Waals surface area contributed by atoms with Crippen molar-refractivity contribution in [2.75, 3.05) is 5.32 Å². The van der Waals surface area contributed by atoms with Crippen LogP contribution in [-0.4, -0.2) is 15.8 Å². The van der Waals surface area contributed by atoms with Gasteiger partial charge in [-0.1, -0.05) is 29.3 Å². The van der Waals surface area contributed by atoms with Crippen molar-refractivity contribution in [3.8, 4) is 11.5 Å². The molecule has 0 aliphatic carbocycles. The molecule has 0 saturated carbocycles. The van der Waals surface area contributed by atoms with Gasteiger partial charge in [-0.05, 0) is 55.0 Å². The van der Waals surface area contributed by atoms with Crippen LogP contribution >= 0.6 is 23.2 Å². The lowest BCUT2D eigenvalue weighted by atomic mass is 10.1. The van der Waals surface area contributed by atoms with Gasteiger partial charge in [0.05, 0.1) is 15.6 Å².